The average Bonchev–Trinajstić information content (AvgIpc) is 3.26. The molecule has 2 aromatic rings. The number of rotatable bonds is 6. The number of hydrogen-bond donors (Lipinski definition) is 1. The molecule has 3 rings (SSSR count). The largest absolute Gasteiger partial charge is 0.461 e. The van der Waals surface area contributed by atoms with Gasteiger partial charge in [-0.2, -0.15) is 0 Å². The zero-order valence-electron chi connectivity index (χ0n) is 14.8. The molecule has 0 aromatic carbocycles. The molecule has 0 saturated carbocycles. The van der Waals surface area contributed by atoms with E-state index in [1.54, 1.807) is 18.7 Å². The van der Waals surface area contributed by atoms with Crippen molar-refractivity contribution in [3.05, 3.63) is 36.4 Å². The van der Waals surface area contributed by atoms with Gasteiger partial charge in [0.15, 0.2) is 11.6 Å². The molecular formula is C18H25N5O2. The molecule has 0 bridgehead atoms. The minimum Gasteiger partial charge on any atom is -0.461 e. The molecule has 1 aliphatic rings. The highest BCUT2D eigenvalue weighted by Gasteiger charge is 2.36. The molecule has 2 aromatic heterocycles. The molecule has 1 amide bonds. The fourth-order valence-electron chi connectivity index (χ4n) is 3.32. The Balaban J connectivity index is 1.71. The predicted octanol–water partition coefficient (Wildman–Crippen LogP) is 1.51. The van der Waals surface area contributed by atoms with Gasteiger partial charge in [-0.15, -0.1) is 0 Å². The highest BCUT2D eigenvalue weighted by atomic mass is 16.3. The van der Waals surface area contributed by atoms with E-state index in [2.05, 4.69) is 14.9 Å². The second-order valence-corrected chi connectivity index (χ2v) is 6.34. The van der Waals surface area contributed by atoms with E-state index in [4.69, 9.17) is 10.2 Å². The van der Waals surface area contributed by atoms with Gasteiger partial charge in [0, 0.05) is 50.2 Å². The van der Waals surface area contributed by atoms with Crippen LogP contribution in [-0.4, -0.2) is 57.4 Å². The third kappa shape index (κ3) is 3.88. The van der Waals surface area contributed by atoms with Crippen LogP contribution in [0.2, 0.25) is 0 Å². The van der Waals surface area contributed by atoms with E-state index in [0.29, 0.717) is 31.1 Å². The molecule has 2 atom stereocenters. The van der Waals surface area contributed by atoms with Crippen molar-refractivity contribution in [3.63, 3.8) is 0 Å². The van der Waals surface area contributed by atoms with Gasteiger partial charge in [-0.05, 0) is 32.4 Å². The van der Waals surface area contributed by atoms with E-state index < -0.39 is 0 Å². The van der Waals surface area contributed by atoms with Gasteiger partial charge < -0.3 is 15.1 Å². The number of nitrogens with zero attached hydrogens (tertiary/aromatic N) is 4. The molecule has 2 N–H and O–H groups in total. The number of likely N-dealkylation sites (N-methyl/N-ethyl adjacent to an activating group) is 1. The lowest BCUT2D eigenvalue weighted by Gasteiger charge is -2.28. The van der Waals surface area contributed by atoms with E-state index in [1.807, 2.05) is 30.9 Å². The molecule has 1 fully saturated rings. The Bertz CT molecular complexity index is 682. The number of amides is 1. The molecule has 7 heteroatoms. The lowest BCUT2D eigenvalue weighted by atomic mass is 10.1. The van der Waals surface area contributed by atoms with Crippen LogP contribution in [0.5, 0.6) is 0 Å². The minimum atomic E-state index is -0.167. The van der Waals surface area contributed by atoms with Crippen molar-refractivity contribution in [2.75, 3.05) is 19.6 Å². The van der Waals surface area contributed by atoms with Crippen molar-refractivity contribution in [2.24, 2.45) is 5.73 Å². The van der Waals surface area contributed by atoms with Gasteiger partial charge in [0.05, 0.1) is 12.3 Å². The van der Waals surface area contributed by atoms with Crippen LogP contribution >= 0.6 is 0 Å². The van der Waals surface area contributed by atoms with Crippen LogP contribution in [0, 0.1) is 0 Å². The lowest BCUT2D eigenvalue weighted by Crippen LogP contribution is -2.45. The zero-order chi connectivity index (χ0) is 17.8. The number of carbonyl (C=O) groups is 1. The molecular weight excluding hydrogens is 318 g/mol. The van der Waals surface area contributed by atoms with Crippen LogP contribution in [0.15, 0.2) is 35.2 Å². The second-order valence-electron chi connectivity index (χ2n) is 6.34. The zero-order valence-corrected chi connectivity index (χ0v) is 14.8. The van der Waals surface area contributed by atoms with E-state index in [0.717, 1.165) is 18.7 Å². The number of hydrogen-bond acceptors (Lipinski definition) is 6. The smallest absolute Gasteiger partial charge is 0.239 e. The normalized spacial score (nSPS) is 20.8. The van der Waals surface area contributed by atoms with Crippen molar-refractivity contribution in [3.8, 4) is 11.6 Å². The average molecular weight is 343 g/mol. The first-order chi connectivity index (χ1) is 12.1. The summed E-state index contributed by atoms with van der Waals surface area (Å²) in [5, 5.41) is 0. The second kappa shape index (κ2) is 7.76. The molecule has 134 valence electrons. The number of furan rings is 1. The Hall–Kier alpha value is -2.25. The molecule has 0 radical (unpaired) electrons. The van der Waals surface area contributed by atoms with Gasteiger partial charge in [-0.1, -0.05) is 0 Å². The number of nitrogens with two attached hydrogens (primary N) is 1. The predicted molar refractivity (Wildman–Crippen MR) is 94.5 cm³/mol. The molecule has 1 aliphatic heterocycles. The van der Waals surface area contributed by atoms with Crippen molar-refractivity contribution < 1.29 is 9.21 Å². The lowest BCUT2D eigenvalue weighted by molar-refractivity contribution is -0.135. The minimum absolute atomic E-state index is 0.0211. The molecule has 1 saturated heterocycles. The van der Waals surface area contributed by atoms with Gasteiger partial charge in [0.1, 0.15) is 0 Å². The van der Waals surface area contributed by atoms with Gasteiger partial charge in [0.2, 0.25) is 5.91 Å². The van der Waals surface area contributed by atoms with E-state index >= 15 is 0 Å². The van der Waals surface area contributed by atoms with Gasteiger partial charge >= 0.3 is 0 Å². The van der Waals surface area contributed by atoms with Crippen LogP contribution in [0.3, 0.4) is 0 Å². The number of aromatic nitrogens is 2. The van der Waals surface area contributed by atoms with Crippen molar-refractivity contribution in [1.82, 2.24) is 19.8 Å². The first kappa shape index (κ1) is 17.6. The van der Waals surface area contributed by atoms with Gasteiger partial charge in [-0.3, -0.25) is 9.69 Å². The fourth-order valence-corrected chi connectivity index (χ4v) is 3.32. The topological polar surface area (TPSA) is 88.5 Å². The van der Waals surface area contributed by atoms with E-state index in [1.165, 1.54) is 0 Å². The maximum absolute atomic E-state index is 12.7. The van der Waals surface area contributed by atoms with Crippen molar-refractivity contribution in [2.45, 2.75) is 38.9 Å². The molecule has 0 aliphatic carbocycles. The Morgan fingerprint density at radius 3 is 2.68 bits per heavy atom. The summed E-state index contributed by atoms with van der Waals surface area (Å²) in [4.78, 5) is 25.5. The highest BCUT2D eigenvalue weighted by molar-refractivity contribution is 5.82. The highest BCUT2D eigenvalue weighted by Crippen LogP contribution is 2.22. The van der Waals surface area contributed by atoms with Crippen LogP contribution in [0.1, 0.15) is 25.8 Å². The molecule has 3 heterocycles. The summed E-state index contributed by atoms with van der Waals surface area (Å²) in [6.45, 7) is 6.76. The van der Waals surface area contributed by atoms with Crippen LogP contribution in [0.25, 0.3) is 11.6 Å². The quantitative estimate of drug-likeness (QED) is 0.855. The van der Waals surface area contributed by atoms with E-state index in [-0.39, 0.29) is 18.0 Å². The van der Waals surface area contributed by atoms with Crippen LogP contribution in [-0.2, 0) is 11.3 Å². The summed E-state index contributed by atoms with van der Waals surface area (Å²) in [6, 6.07) is 3.49. The SMILES string of the molecule is CCN(CC)C(=O)[C@@H]1C[C@@H](N)CN1Cc1cnc(-c2ccco2)nc1. The summed E-state index contributed by atoms with van der Waals surface area (Å²) >= 11 is 0. The standard InChI is InChI=1S/C18H25N5O2/c1-3-22(4-2)18(24)15-8-14(19)12-23(15)11-13-9-20-17(21-10-13)16-6-5-7-25-16/h5-7,9-10,14-15H,3-4,8,11-12,19H2,1-2H3/t14-,15+/m1/s1. The fraction of sp³-hybridized carbons (Fsp3) is 0.500. The molecule has 0 unspecified atom stereocenters. The van der Waals surface area contributed by atoms with Gasteiger partial charge in [0.25, 0.3) is 0 Å². The monoisotopic (exact) mass is 343 g/mol. The third-order valence-electron chi connectivity index (χ3n) is 4.63. The van der Waals surface area contributed by atoms with Crippen molar-refractivity contribution >= 4 is 5.91 Å². The van der Waals surface area contributed by atoms with Crippen LogP contribution < -0.4 is 5.73 Å². The molecule has 25 heavy (non-hydrogen) atoms. The Labute approximate surface area is 147 Å². The maximum atomic E-state index is 12.7. The summed E-state index contributed by atoms with van der Waals surface area (Å²) in [5.74, 6) is 1.36. The maximum Gasteiger partial charge on any atom is 0.239 e. The van der Waals surface area contributed by atoms with Crippen LogP contribution in [0.4, 0.5) is 0 Å². The van der Waals surface area contributed by atoms with Crippen molar-refractivity contribution in [1.29, 1.82) is 0 Å². The molecule has 0 spiro atoms. The Morgan fingerprint density at radius 1 is 1.36 bits per heavy atom. The Morgan fingerprint density at radius 2 is 2.08 bits per heavy atom. The first-order valence-electron chi connectivity index (χ1n) is 8.75. The first-order valence-corrected chi connectivity index (χ1v) is 8.75. The summed E-state index contributed by atoms with van der Waals surface area (Å²) < 4.78 is 5.30. The number of likely N-dealkylation sites (tertiary alicyclic amines) is 1. The van der Waals surface area contributed by atoms with E-state index in [9.17, 15) is 4.79 Å². The summed E-state index contributed by atoms with van der Waals surface area (Å²) in [5.41, 5.74) is 7.08. The van der Waals surface area contributed by atoms with Gasteiger partial charge in [-0.25, -0.2) is 9.97 Å². The third-order valence-corrected chi connectivity index (χ3v) is 4.63. The summed E-state index contributed by atoms with van der Waals surface area (Å²) in [7, 11) is 0. The Kier molecular flexibility index (Phi) is 5.45. The molecule has 7 nitrogen and oxygen atoms in total. The summed E-state index contributed by atoms with van der Waals surface area (Å²) in [6.07, 6.45) is 5.86. The number of carbonyl (C=O) groups excluding carboxylic acids is 1.